The fraction of sp³-hybridized carbons (Fsp3) is 0.333. The van der Waals surface area contributed by atoms with Gasteiger partial charge < -0.3 is 14.4 Å². The first-order valence-corrected chi connectivity index (χ1v) is 9.65. The zero-order chi connectivity index (χ0) is 17.8. The molecule has 3 aromatic rings. The van der Waals surface area contributed by atoms with Gasteiger partial charge in [-0.3, -0.25) is 4.79 Å². The largest absolute Gasteiger partial charge is 0.355 e. The second-order valence-electron chi connectivity index (χ2n) is 6.06. The van der Waals surface area contributed by atoms with Crippen molar-refractivity contribution >= 4 is 17.7 Å². The number of rotatable bonds is 5. The lowest BCUT2D eigenvalue weighted by atomic mass is 10.0. The van der Waals surface area contributed by atoms with Gasteiger partial charge in [-0.25, -0.2) is 0 Å². The first kappa shape index (κ1) is 16.8. The minimum Gasteiger partial charge on any atom is -0.355 e. The van der Waals surface area contributed by atoms with Gasteiger partial charge in [0.25, 0.3) is 5.91 Å². The minimum atomic E-state index is -0.343. The molecule has 1 N–H and O–H groups in total. The van der Waals surface area contributed by atoms with Gasteiger partial charge in [0.05, 0.1) is 6.54 Å². The average molecular weight is 370 g/mol. The summed E-state index contributed by atoms with van der Waals surface area (Å²) in [5.41, 5.74) is 1.08. The molecule has 7 nitrogen and oxygen atoms in total. The molecule has 26 heavy (non-hydrogen) atoms. The normalized spacial score (nSPS) is 15.1. The summed E-state index contributed by atoms with van der Waals surface area (Å²) in [4.78, 5) is 16.7. The summed E-state index contributed by atoms with van der Waals surface area (Å²) in [6, 6.07) is 11.1. The Morgan fingerprint density at radius 2 is 1.96 bits per heavy atom. The lowest BCUT2D eigenvalue weighted by Gasteiger charge is -2.17. The number of hydrogen-bond donors (Lipinski definition) is 1. The SMILES string of the molecule is O=C(NCc1nc(C2CCSCC2)no1)c1cc(-c2ccccc2)on1. The van der Waals surface area contributed by atoms with Gasteiger partial charge in [-0.15, -0.1) is 0 Å². The van der Waals surface area contributed by atoms with Crippen molar-refractivity contribution in [1.29, 1.82) is 0 Å². The molecule has 8 heteroatoms. The molecule has 2 aromatic heterocycles. The molecule has 0 radical (unpaired) electrons. The standard InChI is InChI=1S/C18H18N4O3S/c23-18(14-10-15(24-21-14)12-4-2-1-3-5-12)19-11-16-20-17(22-25-16)13-6-8-26-9-7-13/h1-5,10,13H,6-9,11H2,(H,19,23). The summed E-state index contributed by atoms with van der Waals surface area (Å²) in [6.07, 6.45) is 2.13. The molecule has 0 aliphatic carbocycles. The molecule has 1 aromatic carbocycles. The lowest BCUT2D eigenvalue weighted by Crippen LogP contribution is -2.23. The van der Waals surface area contributed by atoms with E-state index in [1.54, 1.807) is 6.07 Å². The summed E-state index contributed by atoms with van der Waals surface area (Å²) >= 11 is 1.95. The number of benzene rings is 1. The molecule has 0 atom stereocenters. The molecule has 0 saturated carbocycles. The van der Waals surface area contributed by atoms with Crippen molar-refractivity contribution in [3.63, 3.8) is 0 Å². The van der Waals surface area contributed by atoms with Crippen LogP contribution in [0, 0.1) is 0 Å². The van der Waals surface area contributed by atoms with Crippen LogP contribution in [0.25, 0.3) is 11.3 Å². The van der Waals surface area contributed by atoms with E-state index in [-0.39, 0.29) is 18.1 Å². The van der Waals surface area contributed by atoms with Gasteiger partial charge in [-0.2, -0.15) is 16.7 Å². The van der Waals surface area contributed by atoms with Crippen LogP contribution in [0.15, 0.2) is 45.4 Å². The number of nitrogens with zero attached hydrogens (tertiary/aromatic N) is 3. The van der Waals surface area contributed by atoms with Gasteiger partial charge in [-0.1, -0.05) is 40.6 Å². The predicted molar refractivity (Wildman–Crippen MR) is 96.7 cm³/mol. The Morgan fingerprint density at radius 1 is 1.15 bits per heavy atom. The first-order valence-electron chi connectivity index (χ1n) is 8.50. The van der Waals surface area contributed by atoms with Crippen molar-refractivity contribution in [1.82, 2.24) is 20.6 Å². The Balaban J connectivity index is 1.35. The summed E-state index contributed by atoms with van der Waals surface area (Å²) in [7, 11) is 0. The highest BCUT2D eigenvalue weighted by Crippen LogP contribution is 2.29. The number of hydrogen-bond acceptors (Lipinski definition) is 7. The zero-order valence-corrected chi connectivity index (χ0v) is 14.9. The molecule has 0 unspecified atom stereocenters. The molecule has 1 fully saturated rings. The molecular weight excluding hydrogens is 352 g/mol. The van der Waals surface area contributed by atoms with E-state index in [4.69, 9.17) is 9.05 Å². The smallest absolute Gasteiger partial charge is 0.273 e. The number of thioether (sulfide) groups is 1. The monoisotopic (exact) mass is 370 g/mol. The van der Waals surface area contributed by atoms with E-state index >= 15 is 0 Å². The van der Waals surface area contributed by atoms with Crippen molar-refractivity contribution in [3.8, 4) is 11.3 Å². The Bertz CT molecular complexity index is 871. The van der Waals surface area contributed by atoms with E-state index in [9.17, 15) is 4.79 Å². The van der Waals surface area contributed by atoms with E-state index in [0.717, 1.165) is 35.7 Å². The van der Waals surface area contributed by atoms with E-state index in [2.05, 4.69) is 20.6 Å². The number of aromatic nitrogens is 3. The summed E-state index contributed by atoms with van der Waals surface area (Å²) in [5, 5.41) is 10.6. The van der Waals surface area contributed by atoms with Crippen molar-refractivity contribution in [2.24, 2.45) is 0 Å². The van der Waals surface area contributed by atoms with Crippen molar-refractivity contribution in [3.05, 3.63) is 53.8 Å². The highest BCUT2D eigenvalue weighted by atomic mass is 32.2. The molecule has 3 heterocycles. The highest BCUT2D eigenvalue weighted by molar-refractivity contribution is 7.99. The Kier molecular flexibility index (Phi) is 5.01. The van der Waals surface area contributed by atoms with E-state index in [0.29, 0.717) is 17.6 Å². The second-order valence-corrected chi connectivity index (χ2v) is 7.28. The van der Waals surface area contributed by atoms with E-state index < -0.39 is 0 Å². The Hall–Kier alpha value is -2.61. The van der Waals surface area contributed by atoms with Crippen LogP contribution in [0.5, 0.6) is 0 Å². The first-order chi connectivity index (χ1) is 12.8. The third-order valence-electron chi connectivity index (χ3n) is 4.27. The topological polar surface area (TPSA) is 94.1 Å². The quantitative estimate of drug-likeness (QED) is 0.736. The Labute approximate surface area is 154 Å². The van der Waals surface area contributed by atoms with Crippen LogP contribution in [-0.2, 0) is 6.54 Å². The molecule has 1 aliphatic rings. The van der Waals surface area contributed by atoms with Crippen LogP contribution in [-0.4, -0.2) is 32.7 Å². The van der Waals surface area contributed by atoms with Crippen LogP contribution in [0.2, 0.25) is 0 Å². The number of carbonyl (C=O) groups is 1. The second kappa shape index (κ2) is 7.74. The van der Waals surface area contributed by atoms with Gasteiger partial charge in [0.2, 0.25) is 5.89 Å². The third kappa shape index (κ3) is 3.80. The number of nitrogens with one attached hydrogen (secondary N) is 1. The maximum absolute atomic E-state index is 12.2. The van der Waals surface area contributed by atoms with Crippen LogP contribution in [0.3, 0.4) is 0 Å². The third-order valence-corrected chi connectivity index (χ3v) is 5.32. The van der Waals surface area contributed by atoms with Crippen LogP contribution in [0.1, 0.15) is 41.0 Å². The summed E-state index contributed by atoms with van der Waals surface area (Å²) in [5.74, 6) is 3.95. The highest BCUT2D eigenvalue weighted by Gasteiger charge is 2.21. The predicted octanol–water partition coefficient (Wildman–Crippen LogP) is 3.27. The summed E-state index contributed by atoms with van der Waals surface area (Å²) < 4.78 is 10.5. The van der Waals surface area contributed by atoms with Crippen molar-refractivity contribution < 1.29 is 13.8 Å². The van der Waals surface area contributed by atoms with Crippen LogP contribution >= 0.6 is 11.8 Å². The molecule has 0 spiro atoms. The van der Waals surface area contributed by atoms with E-state index in [1.165, 1.54) is 0 Å². The van der Waals surface area contributed by atoms with Crippen LogP contribution < -0.4 is 5.32 Å². The van der Waals surface area contributed by atoms with Gasteiger partial charge in [0.1, 0.15) is 0 Å². The van der Waals surface area contributed by atoms with Gasteiger partial charge >= 0.3 is 0 Å². The molecule has 4 rings (SSSR count). The molecular formula is C18H18N4O3S. The molecule has 1 amide bonds. The molecule has 134 valence electrons. The van der Waals surface area contributed by atoms with Gasteiger partial charge in [-0.05, 0) is 24.3 Å². The van der Waals surface area contributed by atoms with Crippen LogP contribution in [0.4, 0.5) is 0 Å². The number of amides is 1. The maximum Gasteiger partial charge on any atom is 0.273 e. The van der Waals surface area contributed by atoms with Gasteiger partial charge in [0.15, 0.2) is 17.3 Å². The zero-order valence-electron chi connectivity index (χ0n) is 14.1. The van der Waals surface area contributed by atoms with E-state index in [1.807, 2.05) is 42.1 Å². The lowest BCUT2D eigenvalue weighted by molar-refractivity contribution is 0.0937. The van der Waals surface area contributed by atoms with Crippen molar-refractivity contribution in [2.75, 3.05) is 11.5 Å². The molecule has 1 saturated heterocycles. The fourth-order valence-corrected chi connectivity index (χ4v) is 3.94. The minimum absolute atomic E-state index is 0.167. The Morgan fingerprint density at radius 3 is 2.77 bits per heavy atom. The van der Waals surface area contributed by atoms with Crippen molar-refractivity contribution in [2.45, 2.75) is 25.3 Å². The number of carbonyl (C=O) groups excluding carboxylic acids is 1. The molecule has 0 bridgehead atoms. The summed E-state index contributed by atoms with van der Waals surface area (Å²) in [6.45, 7) is 0.167. The average Bonchev–Trinajstić information content (AvgIpc) is 3.37. The molecule has 1 aliphatic heterocycles. The fourth-order valence-electron chi connectivity index (χ4n) is 2.83. The maximum atomic E-state index is 12.2. The van der Waals surface area contributed by atoms with Gasteiger partial charge in [0, 0.05) is 17.5 Å².